The van der Waals surface area contributed by atoms with Gasteiger partial charge in [-0.1, -0.05) is 18.2 Å². The van der Waals surface area contributed by atoms with Crippen molar-refractivity contribution in [2.75, 3.05) is 19.8 Å². The van der Waals surface area contributed by atoms with Gasteiger partial charge in [0.15, 0.2) is 6.29 Å². The van der Waals surface area contributed by atoms with Crippen LogP contribution in [0.15, 0.2) is 30.3 Å². The highest BCUT2D eigenvalue weighted by Gasteiger charge is 2.58. The highest BCUT2D eigenvalue weighted by molar-refractivity contribution is 7.87. The highest BCUT2D eigenvalue weighted by Crippen LogP contribution is 2.61. The monoisotopic (exact) mass is 504 g/mol. The van der Waals surface area contributed by atoms with Crippen LogP contribution in [0, 0.1) is 23.2 Å². The molecule has 190 valence electrons. The Morgan fingerprint density at radius 2 is 1.79 bits per heavy atom. The van der Waals surface area contributed by atoms with Crippen molar-refractivity contribution in [2.24, 2.45) is 23.2 Å². The molecule has 4 aliphatic carbocycles. The van der Waals surface area contributed by atoms with Crippen LogP contribution in [0.2, 0.25) is 0 Å². The number of halogens is 2. The number of carbonyl (C=O) groups excluding carboxylic acids is 1. The molecule has 4 fully saturated rings. The minimum atomic E-state index is -5.88. The van der Waals surface area contributed by atoms with Gasteiger partial charge in [-0.2, -0.15) is 17.2 Å². The third kappa shape index (κ3) is 5.37. The summed E-state index contributed by atoms with van der Waals surface area (Å²) in [7, 11) is -5.88. The molecule has 0 spiro atoms. The van der Waals surface area contributed by atoms with Gasteiger partial charge in [0.1, 0.15) is 12.4 Å². The predicted molar refractivity (Wildman–Crippen MR) is 116 cm³/mol. The second-order valence-corrected chi connectivity index (χ2v) is 11.2. The highest BCUT2D eigenvalue weighted by atomic mass is 32.2. The summed E-state index contributed by atoms with van der Waals surface area (Å²) in [5.41, 5.74) is -0.477. The third-order valence-electron chi connectivity index (χ3n) is 7.18. The fourth-order valence-corrected chi connectivity index (χ4v) is 6.37. The van der Waals surface area contributed by atoms with E-state index >= 15 is 0 Å². The Balaban J connectivity index is 1.27. The van der Waals surface area contributed by atoms with Gasteiger partial charge in [0.05, 0.1) is 19.3 Å². The van der Waals surface area contributed by atoms with E-state index in [1.807, 2.05) is 37.3 Å². The molecule has 0 heterocycles. The summed E-state index contributed by atoms with van der Waals surface area (Å²) in [6.07, 6.45) is 3.43. The second-order valence-electron chi connectivity index (χ2n) is 9.74. The number of carbonyl (C=O) groups is 1. The summed E-state index contributed by atoms with van der Waals surface area (Å²) in [6, 6.07) is 9.42. The van der Waals surface area contributed by atoms with Crippen LogP contribution in [0.25, 0.3) is 0 Å². The fourth-order valence-electron chi connectivity index (χ4n) is 6.10. The second kappa shape index (κ2) is 9.67. The zero-order chi connectivity index (χ0) is 24.6. The van der Waals surface area contributed by atoms with Crippen LogP contribution in [-0.2, 0) is 29.1 Å². The lowest BCUT2D eigenvalue weighted by atomic mass is 9.49. The van der Waals surface area contributed by atoms with E-state index < -0.39 is 33.0 Å². The smallest absolute Gasteiger partial charge is 0.465 e. The Morgan fingerprint density at radius 1 is 1.15 bits per heavy atom. The first kappa shape index (κ1) is 25.3. The number of hydrogen-bond donors (Lipinski definition) is 1. The third-order valence-corrected chi connectivity index (χ3v) is 8.00. The molecule has 1 N–H and O–H groups in total. The van der Waals surface area contributed by atoms with Crippen molar-refractivity contribution >= 4 is 16.1 Å². The van der Waals surface area contributed by atoms with Gasteiger partial charge in [-0.05, 0) is 68.9 Å². The van der Waals surface area contributed by atoms with Crippen molar-refractivity contribution in [3.05, 3.63) is 30.3 Å². The number of alkyl halides is 2. The van der Waals surface area contributed by atoms with Crippen molar-refractivity contribution in [3.63, 3.8) is 0 Å². The van der Waals surface area contributed by atoms with Crippen LogP contribution in [0.5, 0.6) is 5.75 Å². The van der Waals surface area contributed by atoms with Gasteiger partial charge in [-0.3, -0.25) is 4.55 Å². The average Bonchev–Trinajstić information content (AvgIpc) is 2.77. The van der Waals surface area contributed by atoms with Gasteiger partial charge in [0.25, 0.3) is 0 Å². The molecule has 34 heavy (non-hydrogen) atoms. The maximum Gasteiger partial charge on any atom is 0.465 e. The standard InChI is InChI=1S/C23H30F2O8S/c1-15(30-7-8-31-19-5-3-2-4-6-19)33-20-17-9-16-10-18(20)13-22(11-16,12-17)14-32-21(26)23(24,25)34(27,28)29/h2-6,15-18,20H,7-14H2,1H3,(H,27,28,29). The van der Waals surface area contributed by atoms with E-state index in [-0.39, 0.29) is 24.5 Å². The molecule has 3 atom stereocenters. The topological polar surface area (TPSA) is 108 Å². The Hall–Kier alpha value is -1.82. The number of para-hydroxylation sites is 1. The van der Waals surface area contributed by atoms with Crippen LogP contribution in [0.3, 0.4) is 0 Å². The molecule has 0 aliphatic heterocycles. The molecule has 4 saturated carbocycles. The van der Waals surface area contributed by atoms with E-state index in [1.165, 1.54) is 0 Å². The molecule has 4 bridgehead atoms. The molecule has 0 aromatic heterocycles. The molecule has 5 rings (SSSR count). The molecular formula is C23H30F2O8S. The van der Waals surface area contributed by atoms with E-state index in [4.69, 9.17) is 23.5 Å². The SMILES string of the molecule is CC(OCCOc1ccccc1)OC1C2CC3CC1CC(COC(=O)C(F)(F)S(=O)(=O)O)(C3)C2. The van der Waals surface area contributed by atoms with Crippen LogP contribution in [-0.4, -0.2) is 56.4 Å². The molecular weight excluding hydrogens is 474 g/mol. The molecule has 4 aliphatic rings. The first-order chi connectivity index (χ1) is 16.0. The fraction of sp³-hybridized carbons (Fsp3) is 0.696. The molecule has 0 radical (unpaired) electrons. The van der Waals surface area contributed by atoms with Crippen molar-refractivity contribution in [1.82, 2.24) is 0 Å². The van der Waals surface area contributed by atoms with E-state index in [9.17, 15) is 22.0 Å². The Morgan fingerprint density at radius 3 is 2.41 bits per heavy atom. The lowest BCUT2D eigenvalue weighted by Crippen LogP contribution is -2.56. The molecule has 1 aromatic carbocycles. The quantitative estimate of drug-likeness (QED) is 0.211. The summed E-state index contributed by atoms with van der Waals surface area (Å²) in [5, 5.41) is -4.97. The maximum absolute atomic E-state index is 13.6. The van der Waals surface area contributed by atoms with E-state index in [2.05, 4.69) is 0 Å². The minimum Gasteiger partial charge on any atom is -0.491 e. The van der Waals surface area contributed by atoms with E-state index in [0.29, 0.717) is 32.0 Å². The van der Waals surface area contributed by atoms with Crippen LogP contribution >= 0.6 is 0 Å². The predicted octanol–water partition coefficient (Wildman–Crippen LogP) is 3.66. The average molecular weight is 505 g/mol. The molecule has 3 unspecified atom stereocenters. The molecule has 11 heteroatoms. The number of benzene rings is 1. The maximum atomic E-state index is 13.6. The van der Waals surface area contributed by atoms with E-state index in [0.717, 1.165) is 25.0 Å². The van der Waals surface area contributed by atoms with Gasteiger partial charge >= 0.3 is 21.3 Å². The minimum absolute atomic E-state index is 0.0373. The van der Waals surface area contributed by atoms with E-state index in [1.54, 1.807) is 0 Å². The summed E-state index contributed by atoms with van der Waals surface area (Å²) in [6.45, 7) is 2.29. The zero-order valence-corrected chi connectivity index (χ0v) is 19.7. The first-order valence-corrected chi connectivity index (χ1v) is 12.9. The molecule has 0 amide bonds. The summed E-state index contributed by atoms with van der Waals surface area (Å²) >= 11 is 0. The lowest BCUT2D eigenvalue weighted by Gasteiger charge is -2.59. The number of ether oxygens (including phenoxy) is 4. The van der Waals surface area contributed by atoms with Gasteiger partial charge in [-0.25, -0.2) is 4.79 Å². The van der Waals surface area contributed by atoms with Gasteiger partial charge in [0.2, 0.25) is 0 Å². The van der Waals surface area contributed by atoms with Crippen molar-refractivity contribution in [2.45, 2.75) is 56.7 Å². The van der Waals surface area contributed by atoms with Crippen molar-refractivity contribution < 1.29 is 45.5 Å². The van der Waals surface area contributed by atoms with Crippen LogP contribution < -0.4 is 4.74 Å². The Labute approximate surface area is 197 Å². The zero-order valence-electron chi connectivity index (χ0n) is 18.9. The van der Waals surface area contributed by atoms with Gasteiger partial charge in [-0.15, -0.1) is 0 Å². The normalized spacial score (nSPS) is 31.3. The summed E-state index contributed by atoms with van der Waals surface area (Å²) in [5.74, 6) is -0.731. The van der Waals surface area contributed by atoms with Gasteiger partial charge < -0.3 is 18.9 Å². The first-order valence-electron chi connectivity index (χ1n) is 11.5. The molecule has 8 nitrogen and oxygen atoms in total. The molecule has 1 aromatic rings. The summed E-state index contributed by atoms with van der Waals surface area (Å²) < 4.78 is 79.7. The number of esters is 1. The van der Waals surface area contributed by atoms with Crippen LogP contribution in [0.4, 0.5) is 8.78 Å². The number of rotatable bonds is 11. The van der Waals surface area contributed by atoms with Crippen LogP contribution in [0.1, 0.15) is 39.0 Å². The van der Waals surface area contributed by atoms with Gasteiger partial charge in [0, 0.05) is 5.41 Å². The van der Waals surface area contributed by atoms with Crippen molar-refractivity contribution in [3.8, 4) is 5.75 Å². The number of hydrogen-bond acceptors (Lipinski definition) is 7. The summed E-state index contributed by atoms with van der Waals surface area (Å²) in [4.78, 5) is 11.7. The Bertz CT molecular complexity index is 954. The molecule has 0 saturated heterocycles. The van der Waals surface area contributed by atoms with Crippen molar-refractivity contribution in [1.29, 1.82) is 0 Å². The Kier molecular flexibility index (Phi) is 7.19. The lowest BCUT2D eigenvalue weighted by molar-refractivity contribution is -0.238. The largest absolute Gasteiger partial charge is 0.491 e.